The molecule has 5 rings (SSSR count). The Balaban J connectivity index is 1.64. The summed E-state index contributed by atoms with van der Waals surface area (Å²) in [7, 11) is 4.79. The van der Waals surface area contributed by atoms with Gasteiger partial charge in [-0.05, 0) is 36.8 Å². The molecule has 1 aliphatic rings. The molecule has 0 radical (unpaired) electrons. The van der Waals surface area contributed by atoms with Crippen molar-refractivity contribution in [3.63, 3.8) is 0 Å². The van der Waals surface area contributed by atoms with E-state index in [0.29, 0.717) is 34.3 Å². The van der Waals surface area contributed by atoms with Gasteiger partial charge in [-0.3, -0.25) is 4.79 Å². The summed E-state index contributed by atoms with van der Waals surface area (Å²) in [6, 6.07) is 20.8. The van der Waals surface area contributed by atoms with E-state index >= 15 is 0 Å². The molecule has 2 N–H and O–H groups in total. The minimum absolute atomic E-state index is 0.261. The first-order valence-electron chi connectivity index (χ1n) is 11.8. The number of anilines is 2. The quantitative estimate of drug-likeness (QED) is 0.350. The molecule has 4 aromatic rings. The van der Waals surface area contributed by atoms with Gasteiger partial charge < -0.3 is 24.8 Å². The van der Waals surface area contributed by atoms with Gasteiger partial charge in [0.05, 0.1) is 27.5 Å². The van der Waals surface area contributed by atoms with E-state index < -0.39 is 0 Å². The van der Waals surface area contributed by atoms with Crippen LogP contribution in [-0.4, -0.2) is 37.0 Å². The molecule has 188 valence electrons. The second-order valence-electron chi connectivity index (χ2n) is 8.64. The predicted octanol–water partition coefficient (Wildman–Crippen LogP) is 5.53. The normalized spacial score (nSPS) is 14.2. The molecule has 0 fully saturated rings. The molecule has 8 heteroatoms. The number of fused-ring (bicyclic) bond motifs is 1. The standard InChI is InChI=1S/C29H28N4O4/c1-18-10-12-19(13-11-18)23-15-24(21-14-26(36-3)27(37-4)16-25(21)35-2)33-28(32-23)22(17-30-33)29(34)31-20-8-6-5-7-9-20/h5-17,24,32H,1-4H3,(H,31,34)/t24-/m0/s1. The van der Waals surface area contributed by atoms with Crippen LogP contribution in [0.2, 0.25) is 0 Å². The number of carbonyl (C=O) groups excluding carboxylic acids is 1. The molecule has 2 heterocycles. The highest BCUT2D eigenvalue weighted by Gasteiger charge is 2.30. The highest BCUT2D eigenvalue weighted by atomic mass is 16.5. The average Bonchev–Trinajstić information content (AvgIpc) is 3.37. The number of para-hydroxylation sites is 1. The number of hydrogen-bond acceptors (Lipinski definition) is 6. The molecule has 1 atom stereocenters. The van der Waals surface area contributed by atoms with Gasteiger partial charge in [-0.15, -0.1) is 0 Å². The zero-order chi connectivity index (χ0) is 25.9. The minimum atomic E-state index is -0.388. The SMILES string of the molecule is COc1cc(OC)c([C@@H]2C=C(c3ccc(C)cc3)Nc3c(C(=O)Nc4ccccc4)cnn32)cc1OC. The molecule has 1 amide bonds. The molecule has 0 unspecified atom stereocenters. The van der Waals surface area contributed by atoms with Crippen molar-refractivity contribution in [2.75, 3.05) is 32.0 Å². The van der Waals surface area contributed by atoms with Crippen LogP contribution in [0.3, 0.4) is 0 Å². The monoisotopic (exact) mass is 496 g/mol. The largest absolute Gasteiger partial charge is 0.496 e. The summed E-state index contributed by atoms with van der Waals surface area (Å²) in [5, 5.41) is 11.0. The number of allylic oxidation sites excluding steroid dienone is 1. The van der Waals surface area contributed by atoms with Crippen LogP contribution in [0.4, 0.5) is 11.5 Å². The Morgan fingerprint density at radius 3 is 2.27 bits per heavy atom. The summed E-state index contributed by atoms with van der Waals surface area (Å²) in [5.41, 5.74) is 4.93. The van der Waals surface area contributed by atoms with Gasteiger partial charge in [0.2, 0.25) is 0 Å². The van der Waals surface area contributed by atoms with Crippen LogP contribution in [0, 0.1) is 6.92 Å². The lowest BCUT2D eigenvalue weighted by molar-refractivity contribution is 0.102. The molecule has 1 aliphatic heterocycles. The van der Waals surface area contributed by atoms with Gasteiger partial charge in [0.25, 0.3) is 5.91 Å². The molecule has 3 aromatic carbocycles. The number of ether oxygens (including phenoxy) is 3. The number of hydrogen-bond donors (Lipinski definition) is 2. The predicted molar refractivity (Wildman–Crippen MR) is 144 cm³/mol. The number of carbonyl (C=O) groups is 1. The van der Waals surface area contributed by atoms with E-state index in [1.165, 1.54) is 0 Å². The van der Waals surface area contributed by atoms with E-state index in [1.54, 1.807) is 38.3 Å². The molecule has 37 heavy (non-hydrogen) atoms. The van der Waals surface area contributed by atoms with Gasteiger partial charge in [-0.2, -0.15) is 5.10 Å². The Bertz CT molecular complexity index is 1460. The number of aromatic nitrogens is 2. The van der Waals surface area contributed by atoms with Crippen LogP contribution in [0.25, 0.3) is 5.70 Å². The summed E-state index contributed by atoms with van der Waals surface area (Å²) in [4.78, 5) is 13.3. The number of amides is 1. The Morgan fingerprint density at radius 2 is 1.59 bits per heavy atom. The molecule has 1 aromatic heterocycles. The van der Waals surface area contributed by atoms with Crippen LogP contribution in [0.1, 0.15) is 33.1 Å². The van der Waals surface area contributed by atoms with Crippen molar-refractivity contribution >= 4 is 23.1 Å². The van der Waals surface area contributed by atoms with Gasteiger partial charge in [-0.25, -0.2) is 4.68 Å². The number of benzene rings is 3. The Morgan fingerprint density at radius 1 is 0.919 bits per heavy atom. The van der Waals surface area contributed by atoms with Gasteiger partial charge in [0, 0.05) is 23.0 Å². The molecule has 0 saturated carbocycles. The lowest BCUT2D eigenvalue weighted by Gasteiger charge is -2.28. The molecular weight excluding hydrogens is 468 g/mol. The Hall–Kier alpha value is -4.72. The number of aryl methyl sites for hydroxylation is 1. The number of nitrogens with one attached hydrogen (secondary N) is 2. The smallest absolute Gasteiger partial charge is 0.261 e. The van der Waals surface area contributed by atoms with Crippen molar-refractivity contribution < 1.29 is 19.0 Å². The third-order valence-corrected chi connectivity index (χ3v) is 6.33. The van der Waals surface area contributed by atoms with E-state index in [9.17, 15) is 4.79 Å². The van der Waals surface area contributed by atoms with Crippen LogP contribution in [0.15, 0.2) is 79.0 Å². The maximum atomic E-state index is 13.3. The molecule has 0 spiro atoms. The third-order valence-electron chi connectivity index (χ3n) is 6.33. The van der Waals surface area contributed by atoms with Crippen LogP contribution in [0.5, 0.6) is 17.2 Å². The lowest BCUT2D eigenvalue weighted by Crippen LogP contribution is -2.22. The maximum absolute atomic E-state index is 13.3. The lowest BCUT2D eigenvalue weighted by atomic mass is 9.99. The van der Waals surface area contributed by atoms with E-state index in [4.69, 9.17) is 14.2 Å². The minimum Gasteiger partial charge on any atom is -0.496 e. The fourth-order valence-corrected chi connectivity index (χ4v) is 4.39. The zero-order valence-electron chi connectivity index (χ0n) is 21.1. The van der Waals surface area contributed by atoms with Crippen molar-refractivity contribution in [2.45, 2.75) is 13.0 Å². The zero-order valence-corrected chi connectivity index (χ0v) is 21.1. The van der Waals surface area contributed by atoms with Crippen molar-refractivity contribution in [2.24, 2.45) is 0 Å². The molecule has 0 bridgehead atoms. The van der Waals surface area contributed by atoms with Crippen LogP contribution in [-0.2, 0) is 0 Å². The molecule has 0 saturated heterocycles. The van der Waals surface area contributed by atoms with Crippen molar-refractivity contribution in [1.29, 1.82) is 0 Å². The highest BCUT2D eigenvalue weighted by Crippen LogP contribution is 2.43. The fraction of sp³-hybridized carbons (Fsp3) is 0.172. The summed E-state index contributed by atoms with van der Waals surface area (Å²) in [5.74, 6) is 2.05. The second-order valence-corrected chi connectivity index (χ2v) is 8.64. The van der Waals surface area contributed by atoms with Gasteiger partial charge in [0.15, 0.2) is 11.5 Å². The van der Waals surface area contributed by atoms with E-state index in [1.807, 2.05) is 55.5 Å². The summed E-state index contributed by atoms with van der Waals surface area (Å²) in [6.45, 7) is 2.05. The van der Waals surface area contributed by atoms with Gasteiger partial charge in [-0.1, -0.05) is 48.0 Å². The van der Waals surface area contributed by atoms with Crippen molar-refractivity contribution in [3.05, 3.63) is 101 Å². The molecule has 0 aliphatic carbocycles. The summed E-state index contributed by atoms with van der Waals surface area (Å²) < 4.78 is 18.6. The average molecular weight is 497 g/mol. The highest BCUT2D eigenvalue weighted by molar-refractivity contribution is 6.08. The second kappa shape index (κ2) is 10.1. The van der Waals surface area contributed by atoms with Crippen LogP contribution >= 0.6 is 0 Å². The van der Waals surface area contributed by atoms with Crippen molar-refractivity contribution in [1.82, 2.24) is 9.78 Å². The van der Waals surface area contributed by atoms with Gasteiger partial charge in [0.1, 0.15) is 23.2 Å². The molecular formula is C29H28N4O4. The number of rotatable bonds is 7. The number of methoxy groups -OCH3 is 3. The van der Waals surface area contributed by atoms with Crippen molar-refractivity contribution in [3.8, 4) is 17.2 Å². The van der Waals surface area contributed by atoms with Crippen LogP contribution < -0.4 is 24.8 Å². The first-order chi connectivity index (χ1) is 18.0. The Kier molecular flexibility index (Phi) is 6.55. The topological polar surface area (TPSA) is 86.6 Å². The first kappa shape index (κ1) is 24.0. The van der Waals surface area contributed by atoms with E-state index in [0.717, 1.165) is 22.4 Å². The van der Waals surface area contributed by atoms with E-state index in [2.05, 4.69) is 33.9 Å². The third kappa shape index (κ3) is 4.61. The summed E-state index contributed by atoms with van der Waals surface area (Å²) >= 11 is 0. The first-order valence-corrected chi connectivity index (χ1v) is 11.8. The molecule has 8 nitrogen and oxygen atoms in total. The number of nitrogens with zero attached hydrogens (tertiary/aromatic N) is 2. The fourth-order valence-electron chi connectivity index (χ4n) is 4.39. The summed E-state index contributed by atoms with van der Waals surface area (Å²) in [6.07, 6.45) is 3.64. The van der Waals surface area contributed by atoms with Gasteiger partial charge >= 0.3 is 0 Å². The maximum Gasteiger partial charge on any atom is 0.261 e. The Labute approximate surface area is 215 Å². The van der Waals surface area contributed by atoms with E-state index in [-0.39, 0.29) is 11.9 Å².